The van der Waals surface area contributed by atoms with E-state index in [-0.39, 0.29) is 22.9 Å². The van der Waals surface area contributed by atoms with E-state index in [0.717, 1.165) is 6.07 Å². The second-order valence-electron chi connectivity index (χ2n) is 2.71. The summed E-state index contributed by atoms with van der Waals surface area (Å²) in [4.78, 5) is 11.0. The quantitative estimate of drug-likeness (QED) is 0.788. The minimum Gasteiger partial charge on any atom is -0.505 e. The molecule has 0 saturated heterocycles. The second-order valence-corrected chi connectivity index (χ2v) is 3.11. The molecule has 0 atom stereocenters. The van der Waals surface area contributed by atoms with Crippen LogP contribution >= 0.6 is 11.6 Å². The molecule has 0 radical (unpaired) electrons. The van der Waals surface area contributed by atoms with Gasteiger partial charge >= 0.3 is 0 Å². The average molecular weight is 218 g/mol. The van der Waals surface area contributed by atoms with Gasteiger partial charge in [-0.15, -0.1) is 0 Å². The number of halogens is 2. The third-order valence-electron chi connectivity index (χ3n) is 1.79. The topological polar surface area (TPSA) is 49.3 Å². The van der Waals surface area contributed by atoms with Crippen molar-refractivity contribution >= 4 is 17.5 Å². The number of phenolic OH excluding ortho intramolecular Hbond substituents is 1. The summed E-state index contributed by atoms with van der Waals surface area (Å²) in [5, 5.41) is 11.8. The zero-order chi connectivity index (χ0) is 10.7. The van der Waals surface area contributed by atoms with Crippen LogP contribution < -0.4 is 5.32 Å². The Balaban J connectivity index is 3.06. The zero-order valence-electron chi connectivity index (χ0n) is 7.47. The van der Waals surface area contributed by atoms with Crippen molar-refractivity contribution in [1.82, 2.24) is 5.32 Å². The molecule has 0 aliphatic carbocycles. The van der Waals surface area contributed by atoms with E-state index >= 15 is 0 Å². The van der Waals surface area contributed by atoms with Gasteiger partial charge in [0.15, 0.2) is 11.6 Å². The Morgan fingerprint density at radius 3 is 2.86 bits per heavy atom. The number of likely N-dealkylation sites (N-methyl/N-ethyl adjacent to an activating group) is 1. The van der Waals surface area contributed by atoms with Crippen LogP contribution in [0, 0.1) is 5.82 Å². The van der Waals surface area contributed by atoms with E-state index in [1.54, 1.807) is 0 Å². The lowest BCUT2D eigenvalue weighted by molar-refractivity contribution is -0.119. The molecule has 1 aromatic carbocycles. The van der Waals surface area contributed by atoms with E-state index in [9.17, 15) is 14.3 Å². The predicted molar refractivity (Wildman–Crippen MR) is 50.8 cm³/mol. The fourth-order valence-corrected chi connectivity index (χ4v) is 1.22. The number of hydrogen-bond acceptors (Lipinski definition) is 2. The minimum absolute atomic E-state index is 0.103. The van der Waals surface area contributed by atoms with Gasteiger partial charge in [0.1, 0.15) is 0 Å². The van der Waals surface area contributed by atoms with Crippen molar-refractivity contribution in [2.45, 2.75) is 6.42 Å². The third-order valence-corrected chi connectivity index (χ3v) is 2.15. The standard InChI is InChI=1S/C9H9ClFNO2/c1-12-8(13)4-5-6(10)2-3-7(11)9(5)14/h2-3,14H,4H2,1H3,(H,12,13). The fourth-order valence-electron chi connectivity index (χ4n) is 1.00. The Morgan fingerprint density at radius 1 is 1.64 bits per heavy atom. The Morgan fingerprint density at radius 2 is 2.29 bits per heavy atom. The van der Waals surface area contributed by atoms with E-state index < -0.39 is 11.6 Å². The van der Waals surface area contributed by atoms with Crippen LogP contribution in [0.5, 0.6) is 5.75 Å². The van der Waals surface area contributed by atoms with Crippen LogP contribution in [0.15, 0.2) is 12.1 Å². The number of aromatic hydroxyl groups is 1. The van der Waals surface area contributed by atoms with Gasteiger partial charge in [0.05, 0.1) is 6.42 Å². The summed E-state index contributed by atoms with van der Waals surface area (Å²) in [5.41, 5.74) is 0.103. The summed E-state index contributed by atoms with van der Waals surface area (Å²) >= 11 is 5.70. The van der Waals surface area contributed by atoms with Crippen molar-refractivity contribution in [2.24, 2.45) is 0 Å². The summed E-state index contributed by atoms with van der Waals surface area (Å²) in [7, 11) is 1.45. The molecule has 1 amide bonds. The number of carbonyl (C=O) groups excluding carboxylic acids is 1. The van der Waals surface area contributed by atoms with Crippen LogP contribution in [0.25, 0.3) is 0 Å². The summed E-state index contributed by atoms with van der Waals surface area (Å²) in [6, 6.07) is 2.35. The second kappa shape index (κ2) is 4.28. The molecule has 14 heavy (non-hydrogen) atoms. The lowest BCUT2D eigenvalue weighted by atomic mass is 10.1. The molecule has 2 N–H and O–H groups in total. The summed E-state index contributed by atoms with van der Waals surface area (Å²) < 4.78 is 12.9. The van der Waals surface area contributed by atoms with Gasteiger partial charge in [0.2, 0.25) is 5.91 Å². The Bertz CT molecular complexity index is 368. The highest BCUT2D eigenvalue weighted by molar-refractivity contribution is 6.31. The number of carbonyl (C=O) groups is 1. The first kappa shape index (κ1) is 10.8. The first-order valence-corrected chi connectivity index (χ1v) is 4.30. The van der Waals surface area contributed by atoms with Crippen molar-refractivity contribution in [3.8, 4) is 5.75 Å². The first-order valence-electron chi connectivity index (χ1n) is 3.92. The van der Waals surface area contributed by atoms with Crippen molar-refractivity contribution in [1.29, 1.82) is 0 Å². The maximum Gasteiger partial charge on any atom is 0.224 e. The highest BCUT2D eigenvalue weighted by Crippen LogP contribution is 2.28. The molecule has 1 rings (SSSR count). The molecule has 0 unspecified atom stereocenters. The maximum atomic E-state index is 12.9. The molecule has 0 aromatic heterocycles. The van der Waals surface area contributed by atoms with Crippen molar-refractivity contribution < 1.29 is 14.3 Å². The highest BCUT2D eigenvalue weighted by atomic mass is 35.5. The van der Waals surface area contributed by atoms with E-state index in [2.05, 4.69) is 5.32 Å². The van der Waals surface area contributed by atoms with Crippen LogP contribution in [0.4, 0.5) is 4.39 Å². The predicted octanol–water partition coefficient (Wildman–Crippen LogP) is 1.47. The molecule has 1 aromatic rings. The molecule has 0 bridgehead atoms. The lowest BCUT2D eigenvalue weighted by Crippen LogP contribution is -2.20. The van der Waals surface area contributed by atoms with Gasteiger partial charge in [-0.3, -0.25) is 4.79 Å². The molecule has 0 aliphatic rings. The fraction of sp³-hybridized carbons (Fsp3) is 0.222. The molecule has 76 valence electrons. The van der Waals surface area contributed by atoms with Crippen LogP contribution in [0.1, 0.15) is 5.56 Å². The maximum absolute atomic E-state index is 12.9. The molecule has 0 heterocycles. The van der Waals surface area contributed by atoms with Crippen molar-refractivity contribution in [3.63, 3.8) is 0 Å². The number of rotatable bonds is 2. The monoisotopic (exact) mass is 217 g/mol. The van der Waals surface area contributed by atoms with Crippen molar-refractivity contribution in [3.05, 3.63) is 28.5 Å². The van der Waals surface area contributed by atoms with Crippen LogP contribution in [-0.4, -0.2) is 18.1 Å². The first-order chi connectivity index (χ1) is 6.56. The molecular weight excluding hydrogens is 209 g/mol. The molecule has 3 nitrogen and oxygen atoms in total. The van der Waals surface area contributed by atoms with Crippen LogP contribution in [0.3, 0.4) is 0 Å². The lowest BCUT2D eigenvalue weighted by Gasteiger charge is -2.06. The summed E-state index contributed by atoms with van der Waals surface area (Å²) in [6.45, 7) is 0. The van der Waals surface area contributed by atoms with Gasteiger partial charge in [0.25, 0.3) is 0 Å². The Hall–Kier alpha value is -1.29. The minimum atomic E-state index is -0.784. The highest BCUT2D eigenvalue weighted by Gasteiger charge is 2.14. The smallest absolute Gasteiger partial charge is 0.224 e. The Kier molecular flexibility index (Phi) is 3.30. The van der Waals surface area contributed by atoms with Gasteiger partial charge in [-0.25, -0.2) is 4.39 Å². The molecule has 0 saturated carbocycles. The normalized spacial score (nSPS) is 9.93. The molecule has 5 heteroatoms. The molecular formula is C9H9ClFNO2. The Labute approximate surface area is 85.5 Å². The summed E-state index contributed by atoms with van der Waals surface area (Å²) in [6.07, 6.45) is -0.140. The SMILES string of the molecule is CNC(=O)Cc1c(Cl)ccc(F)c1O. The van der Waals surface area contributed by atoms with Crippen LogP contribution in [0.2, 0.25) is 5.02 Å². The number of phenols is 1. The largest absolute Gasteiger partial charge is 0.505 e. The van der Waals surface area contributed by atoms with Gasteiger partial charge in [-0.05, 0) is 12.1 Å². The van der Waals surface area contributed by atoms with Gasteiger partial charge < -0.3 is 10.4 Å². The third kappa shape index (κ3) is 2.14. The number of benzene rings is 1. The van der Waals surface area contributed by atoms with E-state index in [1.807, 2.05) is 0 Å². The molecule has 0 fully saturated rings. The van der Waals surface area contributed by atoms with Gasteiger partial charge in [0, 0.05) is 17.6 Å². The van der Waals surface area contributed by atoms with E-state index in [0.29, 0.717) is 0 Å². The van der Waals surface area contributed by atoms with E-state index in [1.165, 1.54) is 13.1 Å². The average Bonchev–Trinajstić information content (AvgIpc) is 2.18. The number of hydrogen-bond donors (Lipinski definition) is 2. The van der Waals surface area contributed by atoms with E-state index in [4.69, 9.17) is 11.6 Å². The molecule has 0 spiro atoms. The van der Waals surface area contributed by atoms with Crippen molar-refractivity contribution in [2.75, 3.05) is 7.05 Å². The van der Waals surface area contributed by atoms with Gasteiger partial charge in [-0.2, -0.15) is 0 Å². The van der Waals surface area contributed by atoms with Crippen LogP contribution in [-0.2, 0) is 11.2 Å². The molecule has 0 aliphatic heterocycles. The number of amides is 1. The zero-order valence-corrected chi connectivity index (χ0v) is 8.23. The number of nitrogens with one attached hydrogen (secondary N) is 1. The summed E-state index contributed by atoms with van der Waals surface area (Å²) in [5.74, 6) is -1.69. The van der Waals surface area contributed by atoms with Gasteiger partial charge in [-0.1, -0.05) is 11.6 Å².